The minimum absolute atomic E-state index is 0.518. The van der Waals surface area contributed by atoms with Gasteiger partial charge < -0.3 is 22.9 Å². The zero-order chi connectivity index (χ0) is 17.0. The van der Waals surface area contributed by atoms with Crippen molar-refractivity contribution in [1.29, 1.82) is 0 Å². The number of nitrogen functional groups attached to an aromatic ring is 1. The Bertz CT molecular complexity index is 650. The molecular formula is C14H24N8. The van der Waals surface area contributed by atoms with Crippen LogP contribution < -0.4 is 22.9 Å². The number of benzene rings is 1. The highest BCUT2D eigenvalue weighted by molar-refractivity contribution is 5.76. The van der Waals surface area contributed by atoms with Crippen LogP contribution in [0.4, 0.5) is 5.82 Å². The predicted molar refractivity (Wildman–Crippen MR) is 91.9 cm³/mol. The van der Waals surface area contributed by atoms with E-state index in [0.29, 0.717) is 17.2 Å². The van der Waals surface area contributed by atoms with Crippen LogP contribution in [0, 0.1) is 0 Å². The number of nitrogens with one attached hydrogen (secondary N) is 1. The van der Waals surface area contributed by atoms with Crippen molar-refractivity contribution in [3.05, 3.63) is 36.5 Å². The number of hydrogen-bond donors (Lipinski definition) is 5. The Morgan fingerprint density at radius 3 is 2.00 bits per heavy atom. The van der Waals surface area contributed by atoms with Crippen molar-refractivity contribution >= 4 is 16.9 Å². The number of aromatic amines is 1. The summed E-state index contributed by atoms with van der Waals surface area (Å²) in [7, 11) is 4.50. The standard InChI is InChI=1S/C11H9N5.3CH5N/c12-11-5-9(15-16-11)10-6-13-7-3-1-2-4-8(7)14-10;3*1-2/h1-6H,(H3,12,15,16);3*2H2,1H3. The zero-order valence-corrected chi connectivity index (χ0v) is 13.1. The molecule has 0 aliphatic heterocycles. The third kappa shape index (κ3) is 5.09. The summed E-state index contributed by atoms with van der Waals surface area (Å²) in [4.78, 5) is 8.77. The Morgan fingerprint density at radius 2 is 1.45 bits per heavy atom. The number of fused-ring (bicyclic) bond motifs is 1. The Balaban J connectivity index is 0.000000661. The average Bonchev–Trinajstić information content (AvgIpc) is 3.06. The van der Waals surface area contributed by atoms with E-state index in [-0.39, 0.29) is 0 Å². The van der Waals surface area contributed by atoms with Crippen LogP contribution >= 0.6 is 0 Å². The fraction of sp³-hybridized carbons (Fsp3) is 0.214. The molecule has 0 fully saturated rings. The number of H-pyrrole nitrogens is 1. The number of nitrogens with two attached hydrogens (primary N) is 4. The minimum Gasteiger partial charge on any atom is -0.384 e. The lowest BCUT2D eigenvalue weighted by molar-refractivity contribution is 1.09. The van der Waals surface area contributed by atoms with Gasteiger partial charge in [0.1, 0.15) is 17.2 Å². The normalized spacial score (nSPS) is 8.64. The van der Waals surface area contributed by atoms with Gasteiger partial charge in [0.25, 0.3) is 0 Å². The van der Waals surface area contributed by atoms with Crippen LogP contribution in [0.2, 0.25) is 0 Å². The van der Waals surface area contributed by atoms with Crippen molar-refractivity contribution in [3.8, 4) is 11.4 Å². The molecule has 0 saturated carbocycles. The number of aromatic nitrogens is 4. The Kier molecular flexibility index (Phi) is 9.85. The van der Waals surface area contributed by atoms with Crippen LogP contribution in [0.25, 0.3) is 22.4 Å². The Hall–Kier alpha value is -2.55. The van der Waals surface area contributed by atoms with E-state index in [4.69, 9.17) is 5.73 Å². The van der Waals surface area contributed by atoms with Crippen LogP contribution in [0.1, 0.15) is 0 Å². The lowest BCUT2D eigenvalue weighted by Crippen LogP contribution is -1.88. The monoisotopic (exact) mass is 304 g/mol. The first-order chi connectivity index (χ1) is 10.8. The largest absolute Gasteiger partial charge is 0.384 e. The van der Waals surface area contributed by atoms with Gasteiger partial charge in [-0.05, 0) is 33.3 Å². The summed E-state index contributed by atoms with van der Waals surface area (Å²) in [6.07, 6.45) is 1.69. The summed E-state index contributed by atoms with van der Waals surface area (Å²) in [5.74, 6) is 0.518. The summed E-state index contributed by atoms with van der Waals surface area (Å²) in [6.45, 7) is 0. The highest BCUT2D eigenvalue weighted by Gasteiger charge is 2.05. The van der Waals surface area contributed by atoms with Gasteiger partial charge in [-0.25, -0.2) is 4.98 Å². The van der Waals surface area contributed by atoms with E-state index in [9.17, 15) is 0 Å². The third-order valence-corrected chi connectivity index (χ3v) is 2.31. The van der Waals surface area contributed by atoms with Crippen molar-refractivity contribution in [1.82, 2.24) is 20.2 Å². The first-order valence-corrected chi connectivity index (χ1v) is 6.59. The molecule has 8 heteroatoms. The van der Waals surface area contributed by atoms with Gasteiger partial charge in [-0.2, -0.15) is 5.10 Å². The molecule has 0 saturated heterocycles. The van der Waals surface area contributed by atoms with Gasteiger partial charge in [0, 0.05) is 6.07 Å². The van der Waals surface area contributed by atoms with Gasteiger partial charge >= 0.3 is 0 Å². The van der Waals surface area contributed by atoms with E-state index < -0.39 is 0 Å². The van der Waals surface area contributed by atoms with Crippen LogP contribution in [0.5, 0.6) is 0 Å². The maximum Gasteiger partial charge on any atom is 0.119 e. The molecule has 22 heavy (non-hydrogen) atoms. The van der Waals surface area contributed by atoms with Gasteiger partial charge in [-0.1, -0.05) is 12.1 Å². The van der Waals surface area contributed by atoms with Gasteiger partial charge in [0.05, 0.1) is 17.2 Å². The van der Waals surface area contributed by atoms with Gasteiger partial charge in [-0.15, -0.1) is 0 Å². The molecular weight excluding hydrogens is 280 g/mol. The number of rotatable bonds is 1. The molecule has 2 heterocycles. The molecule has 9 N–H and O–H groups in total. The maximum atomic E-state index is 5.56. The number of hydrogen-bond acceptors (Lipinski definition) is 7. The van der Waals surface area contributed by atoms with Gasteiger partial charge in [0.2, 0.25) is 0 Å². The second-order valence-electron chi connectivity index (χ2n) is 3.45. The number of anilines is 1. The lowest BCUT2D eigenvalue weighted by Gasteiger charge is -1.98. The molecule has 2 aromatic heterocycles. The predicted octanol–water partition coefficient (Wildman–Crippen LogP) is 0.327. The lowest BCUT2D eigenvalue weighted by atomic mass is 10.2. The second-order valence-corrected chi connectivity index (χ2v) is 3.45. The van der Waals surface area contributed by atoms with E-state index in [1.807, 2.05) is 24.3 Å². The van der Waals surface area contributed by atoms with Crippen LogP contribution in [0.3, 0.4) is 0 Å². The van der Waals surface area contributed by atoms with Crippen LogP contribution in [0.15, 0.2) is 36.5 Å². The Labute approximate surface area is 129 Å². The first kappa shape index (κ1) is 19.4. The van der Waals surface area contributed by atoms with E-state index in [1.165, 1.54) is 21.1 Å². The van der Waals surface area contributed by atoms with E-state index in [1.54, 1.807) is 12.3 Å². The smallest absolute Gasteiger partial charge is 0.119 e. The quantitative estimate of drug-likeness (QED) is 0.433. The summed E-state index contributed by atoms with van der Waals surface area (Å²) < 4.78 is 0. The summed E-state index contributed by atoms with van der Waals surface area (Å²) in [5, 5.41) is 6.72. The van der Waals surface area contributed by atoms with E-state index >= 15 is 0 Å². The Morgan fingerprint density at radius 1 is 0.864 bits per heavy atom. The molecule has 8 nitrogen and oxygen atoms in total. The topological polar surface area (TPSA) is 159 Å². The fourth-order valence-electron chi connectivity index (χ4n) is 1.55. The van der Waals surface area contributed by atoms with Crippen molar-refractivity contribution in [2.45, 2.75) is 0 Å². The van der Waals surface area contributed by atoms with E-state index in [0.717, 1.165) is 11.0 Å². The van der Waals surface area contributed by atoms with Crippen molar-refractivity contribution in [2.75, 3.05) is 26.9 Å². The number of nitrogens with zero attached hydrogens (tertiary/aromatic N) is 3. The molecule has 0 amide bonds. The molecule has 0 radical (unpaired) electrons. The van der Waals surface area contributed by atoms with Crippen LogP contribution in [-0.2, 0) is 0 Å². The molecule has 0 aliphatic rings. The molecule has 0 spiro atoms. The van der Waals surface area contributed by atoms with Crippen molar-refractivity contribution < 1.29 is 0 Å². The molecule has 0 bridgehead atoms. The fourth-order valence-corrected chi connectivity index (χ4v) is 1.55. The SMILES string of the molecule is CN.CN.CN.Nc1cc(-c2cnc3ccccc3n2)n[nH]1. The van der Waals surface area contributed by atoms with Crippen molar-refractivity contribution in [2.24, 2.45) is 17.2 Å². The zero-order valence-electron chi connectivity index (χ0n) is 13.1. The average molecular weight is 304 g/mol. The van der Waals surface area contributed by atoms with Gasteiger partial charge in [0.15, 0.2) is 0 Å². The molecule has 0 aliphatic carbocycles. The second kappa shape index (κ2) is 11.1. The number of para-hydroxylation sites is 2. The minimum atomic E-state index is 0.518. The van der Waals surface area contributed by atoms with Crippen molar-refractivity contribution in [3.63, 3.8) is 0 Å². The highest BCUT2D eigenvalue weighted by atomic mass is 15.2. The molecule has 1 aromatic carbocycles. The summed E-state index contributed by atoms with van der Waals surface area (Å²) in [5.41, 5.74) is 22.2. The van der Waals surface area contributed by atoms with Crippen LogP contribution in [-0.4, -0.2) is 41.3 Å². The maximum absolute atomic E-state index is 5.56. The van der Waals surface area contributed by atoms with Gasteiger partial charge in [-0.3, -0.25) is 10.1 Å². The highest BCUT2D eigenvalue weighted by Crippen LogP contribution is 2.17. The van der Waals surface area contributed by atoms with E-state index in [2.05, 4.69) is 37.4 Å². The molecule has 0 unspecified atom stereocenters. The molecule has 3 aromatic rings. The summed E-state index contributed by atoms with van der Waals surface area (Å²) >= 11 is 0. The summed E-state index contributed by atoms with van der Waals surface area (Å²) in [6, 6.07) is 9.44. The third-order valence-electron chi connectivity index (χ3n) is 2.31. The first-order valence-electron chi connectivity index (χ1n) is 6.59. The molecule has 3 rings (SSSR count). The molecule has 120 valence electrons. The molecule has 0 atom stereocenters.